The molecule has 0 bridgehead atoms. The molecular weight excluding hydrogens is 381 g/mol. The van der Waals surface area contributed by atoms with Gasteiger partial charge in [-0.2, -0.15) is 18.3 Å². The second kappa shape index (κ2) is 7.35. The maximum absolute atomic E-state index is 12.9. The van der Waals surface area contributed by atoms with Gasteiger partial charge in [0, 0.05) is 29.6 Å². The van der Waals surface area contributed by atoms with Gasteiger partial charge >= 0.3 is 6.18 Å². The maximum Gasteiger partial charge on any atom is 0.433 e. The lowest BCUT2D eigenvalue weighted by atomic mass is 9.88. The van der Waals surface area contributed by atoms with E-state index >= 15 is 0 Å². The van der Waals surface area contributed by atoms with E-state index in [1.54, 1.807) is 12.1 Å². The zero-order valence-corrected chi connectivity index (χ0v) is 15.5. The number of halogens is 3. The molecule has 4 rings (SSSR count). The Morgan fingerprint density at radius 3 is 2.69 bits per heavy atom. The quantitative estimate of drug-likeness (QED) is 0.717. The number of nitrogens with zero attached hydrogens (tertiary/aromatic N) is 3. The minimum Gasteiger partial charge on any atom is -0.366 e. The number of aryl methyl sites for hydroxylation is 2. The number of rotatable bonds is 3. The van der Waals surface area contributed by atoms with Crippen LogP contribution in [0.3, 0.4) is 0 Å². The summed E-state index contributed by atoms with van der Waals surface area (Å²) >= 11 is 0. The molecule has 1 amide bonds. The fraction of sp³-hybridized carbons (Fsp3) is 0.286. The van der Waals surface area contributed by atoms with Crippen molar-refractivity contribution in [3.05, 3.63) is 71.2 Å². The molecular formula is C21H19F3N4O. The molecule has 5 nitrogen and oxygen atoms in total. The van der Waals surface area contributed by atoms with Crippen LogP contribution in [0, 0.1) is 0 Å². The molecule has 0 spiro atoms. The van der Waals surface area contributed by atoms with Crippen molar-refractivity contribution in [1.82, 2.24) is 14.8 Å². The Balaban J connectivity index is 1.57. The van der Waals surface area contributed by atoms with E-state index in [9.17, 15) is 18.0 Å². The Kier molecular flexibility index (Phi) is 4.86. The van der Waals surface area contributed by atoms with Gasteiger partial charge in [-0.3, -0.25) is 14.5 Å². The van der Waals surface area contributed by atoms with Crippen LogP contribution in [-0.2, 0) is 19.1 Å². The standard InChI is InChI=1S/C21H19F3N4O/c22-21(23,24)19-11-14(7-9-26-19)18-12-15-6-5-13(8-10-28(15)27-18)16-3-1-2-4-17(16)20(25)29/h1-4,7,9,11-13H,5-6,8,10H2,(H2,25,29). The number of hydrogen-bond donors (Lipinski definition) is 1. The summed E-state index contributed by atoms with van der Waals surface area (Å²) in [4.78, 5) is 15.1. The molecule has 1 aliphatic heterocycles. The van der Waals surface area contributed by atoms with Crippen LogP contribution in [0.1, 0.15) is 46.1 Å². The van der Waals surface area contributed by atoms with Gasteiger partial charge in [-0.05, 0) is 55.0 Å². The molecule has 0 saturated heterocycles. The van der Waals surface area contributed by atoms with Crippen LogP contribution in [-0.4, -0.2) is 20.7 Å². The van der Waals surface area contributed by atoms with Crippen LogP contribution < -0.4 is 5.73 Å². The fourth-order valence-corrected chi connectivity index (χ4v) is 3.87. The summed E-state index contributed by atoms with van der Waals surface area (Å²) in [6.07, 6.45) is -1.06. The van der Waals surface area contributed by atoms with Crippen molar-refractivity contribution >= 4 is 5.91 Å². The molecule has 29 heavy (non-hydrogen) atoms. The minimum absolute atomic E-state index is 0.168. The number of amides is 1. The molecule has 1 aromatic carbocycles. The second-order valence-corrected chi connectivity index (χ2v) is 7.15. The van der Waals surface area contributed by atoms with Gasteiger partial charge in [0.2, 0.25) is 5.91 Å². The summed E-state index contributed by atoms with van der Waals surface area (Å²) in [5.74, 6) is -0.273. The van der Waals surface area contributed by atoms with Gasteiger partial charge in [0.05, 0.1) is 5.69 Å². The van der Waals surface area contributed by atoms with Gasteiger partial charge in [0.15, 0.2) is 0 Å². The van der Waals surface area contributed by atoms with Crippen LogP contribution in [0.25, 0.3) is 11.3 Å². The highest BCUT2D eigenvalue weighted by Gasteiger charge is 2.32. The van der Waals surface area contributed by atoms with Crippen molar-refractivity contribution in [1.29, 1.82) is 0 Å². The van der Waals surface area contributed by atoms with Crippen LogP contribution >= 0.6 is 0 Å². The van der Waals surface area contributed by atoms with Crippen LogP contribution in [0.5, 0.6) is 0 Å². The number of nitrogens with two attached hydrogens (primary N) is 1. The Bertz CT molecular complexity index is 1030. The van der Waals surface area contributed by atoms with Gasteiger partial charge in [0.25, 0.3) is 0 Å². The first-order valence-corrected chi connectivity index (χ1v) is 9.32. The summed E-state index contributed by atoms with van der Waals surface area (Å²) in [5.41, 5.74) is 7.91. The van der Waals surface area contributed by atoms with Gasteiger partial charge in [0.1, 0.15) is 5.69 Å². The normalized spacial score (nSPS) is 16.9. The van der Waals surface area contributed by atoms with Crippen LogP contribution in [0.15, 0.2) is 48.7 Å². The highest BCUT2D eigenvalue weighted by atomic mass is 19.4. The fourth-order valence-electron chi connectivity index (χ4n) is 3.87. The third-order valence-electron chi connectivity index (χ3n) is 5.31. The number of carbonyl (C=O) groups is 1. The molecule has 1 atom stereocenters. The first-order chi connectivity index (χ1) is 13.8. The minimum atomic E-state index is -4.49. The van der Waals surface area contributed by atoms with E-state index in [4.69, 9.17) is 5.73 Å². The number of alkyl halides is 3. The summed E-state index contributed by atoms with van der Waals surface area (Å²) < 4.78 is 40.7. The van der Waals surface area contributed by atoms with Crippen molar-refractivity contribution in [2.24, 2.45) is 5.73 Å². The summed E-state index contributed by atoms with van der Waals surface area (Å²) in [5, 5.41) is 4.52. The summed E-state index contributed by atoms with van der Waals surface area (Å²) in [7, 11) is 0. The molecule has 150 valence electrons. The van der Waals surface area contributed by atoms with Gasteiger partial charge in [-0.1, -0.05) is 18.2 Å². The van der Waals surface area contributed by atoms with Crippen molar-refractivity contribution in [3.8, 4) is 11.3 Å². The average molecular weight is 400 g/mol. The van der Waals surface area contributed by atoms with E-state index in [-0.39, 0.29) is 5.92 Å². The monoisotopic (exact) mass is 400 g/mol. The van der Waals surface area contributed by atoms with Gasteiger partial charge < -0.3 is 5.73 Å². The van der Waals surface area contributed by atoms with E-state index in [2.05, 4.69) is 10.1 Å². The largest absolute Gasteiger partial charge is 0.433 e. The molecule has 8 heteroatoms. The molecule has 1 unspecified atom stereocenters. The van der Waals surface area contributed by atoms with E-state index in [0.717, 1.165) is 36.4 Å². The predicted octanol–water partition coefficient (Wildman–Crippen LogP) is 4.18. The second-order valence-electron chi connectivity index (χ2n) is 7.15. The third kappa shape index (κ3) is 3.87. The van der Waals surface area contributed by atoms with Gasteiger partial charge in [-0.25, -0.2) is 0 Å². The zero-order chi connectivity index (χ0) is 20.6. The van der Waals surface area contributed by atoms with E-state index in [1.165, 1.54) is 6.07 Å². The lowest BCUT2D eigenvalue weighted by Crippen LogP contribution is -2.16. The number of carbonyl (C=O) groups excluding carboxylic acids is 1. The number of aromatic nitrogens is 3. The van der Waals surface area contributed by atoms with Crippen molar-refractivity contribution in [2.75, 3.05) is 0 Å². The SMILES string of the molecule is NC(=O)c1ccccc1C1CCc2cc(-c3ccnc(C(F)(F)F)c3)nn2CC1. The Labute approximate surface area is 165 Å². The van der Waals surface area contributed by atoms with Crippen LogP contribution in [0.2, 0.25) is 0 Å². The first kappa shape index (κ1) is 19.2. The lowest BCUT2D eigenvalue weighted by molar-refractivity contribution is -0.141. The maximum atomic E-state index is 12.9. The number of primary amides is 1. The molecule has 0 fully saturated rings. The Hall–Kier alpha value is -3.16. The highest BCUT2D eigenvalue weighted by Crippen LogP contribution is 2.34. The molecule has 2 aromatic heterocycles. The van der Waals surface area contributed by atoms with E-state index < -0.39 is 17.8 Å². The third-order valence-corrected chi connectivity index (χ3v) is 5.31. The molecule has 1 aliphatic rings. The van der Waals surface area contributed by atoms with Crippen molar-refractivity contribution < 1.29 is 18.0 Å². The zero-order valence-electron chi connectivity index (χ0n) is 15.5. The number of fused-ring (bicyclic) bond motifs is 1. The van der Waals surface area contributed by atoms with E-state index in [1.807, 2.05) is 22.9 Å². The Morgan fingerprint density at radius 1 is 1.14 bits per heavy atom. The number of hydrogen-bond acceptors (Lipinski definition) is 3. The van der Waals surface area contributed by atoms with E-state index in [0.29, 0.717) is 29.8 Å². The molecule has 0 aliphatic carbocycles. The molecule has 0 radical (unpaired) electrons. The lowest BCUT2D eigenvalue weighted by Gasteiger charge is -2.17. The predicted molar refractivity (Wildman–Crippen MR) is 101 cm³/mol. The summed E-state index contributed by atoms with van der Waals surface area (Å²) in [6, 6.07) is 11.7. The highest BCUT2D eigenvalue weighted by molar-refractivity contribution is 5.94. The average Bonchev–Trinajstić information content (AvgIpc) is 3.01. The van der Waals surface area contributed by atoms with Crippen LogP contribution in [0.4, 0.5) is 13.2 Å². The summed E-state index contributed by atoms with van der Waals surface area (Å²) in [6.45, 7) is 0.615. The molecule has 0 saturated carbocycles. The van der Waals surface area contributed by atoms with Crippen molar-refractivity contribution in [2.45, 2.75) is 37.9 Å². The number of benzene rings is 1. The topological polar surface area (TPSA) is 73.8 Å². The molecule has 2 N–H and O–H groups in total. The molecule has 3 heterocycles. The first-order valence-electron chi connectivity index (χ1n) is 9.32. The van der Waals surface area contributed by atoms with Crippen molar-refractivity contribution in [3.63, 3.8) is 0 Å². The number of pyridine rings is 1. The Morgan fingerprint density at radius 2 is 1.93 bits per heavy atom. The smallest absolute Gasteiger partial charge is 0.366 e. The van der Waals surface area contributed by atoms with Gasteiger partial charge in [-0.15, -0.1) is 0 Å². The molecule has 3 aromatic rings.